The summed E-state index contributed by atoms with van der Waals surface area (Å²) in [5.74, 6) is 0.863. The fourth-order valence-corrected chi connectivity index (χ4v) is 2.06. The molecule has 0 aromatic heterocycles. The molecule has 0 aliphatic rings. The average molecular weight is 274 g/mol. The zero-order valence-corrected chi connectivity index (χ0v) is 11.6. The van der Waals surface area contributed by atoms with Gasteiger partial charge in [-0.3, -0.25) is 4.79 Å². The van der Waals surface area contributed by atoms with Crippen LogP contribution in [0.3, 0.4) is 0 Å². The van der Waals surface area contributed by atoms with Gasteiger partial charge in [-0.05, 0) is 30.9 Å². The second-order valence-electron chi connectivity index (χ2n) is 4.23. The van der Waals surface area contributed by atoms with Gasteiger partial charge in [-0.15, -0.1) is 11.6 Å². The third-order valence-electron chi connectivity index (χ3n) is 2.65. The zero-order valence-electron chi connectivity index (χ0n) is 10.1. The predicted octanol–water partition coefficient (Wildman–Crippen LogP) is 3.64. The first kappa shape index (κ1) is 14.3. The van der Waals surface area contributed by atoms with Crippen molar-refractivity contribution in [2.75, 3.05) is 12.4 Å². The maximum Gasteiger partial charge on any atom is 0.252 e. The third-order valence-corrected chi connectivity index (χ3v) is 3.37. The maximum absolute atomic E-state index is 11.9. The Morgan fingerprint density at radius 2 is 2.18 bits per heavy atom. The number of hydrogen-bond donors (Lipinski definition) is 1. The van der Waals surface area contributed by atoms with Crippen LogP contribution >= 0.6 is 23.2 Å². The van der Waals surface area contributed by atoms with Crippen LogP contribution in [0.15, 0.2) is 18.2 Å². The topological polar surface area (TPSA) is 29.1 Å². The highest BCUT2D eigenvalue weighted by Crippen LogP contribution is 2.20. The van der Waals surface area contributed by atoms with Crippen molar-refractivity contribution in [2.45, 2.75) is 20.3 Å². The van der Waals surface area contributed by atoms with Gasteiger partial charge in [0, 0.05) is 12.4 Å². The Balaban J connectivity index is 2.61. The van der Waals surface area contributed by atoms with Crippen molar-refractivity contribution in [3.63, 3.8) is 0 Å². The van der Waals surface area contributed by atoms with Crippen molar-refractivity contribution in [1.82, 2.24) is 5.32 Å². The van der Waals surface area contributed by atoms with E-state index in [1.165, 1.54) is 0 Å². The van der Waals surface area contributed by atoms with Crippen LogP contribution in [0, 0.1) is 12.8 Å². The van der Waals surface area contributed by atoms with E-state index in [0.29, 0.717) is 28.9 Å². The molecule has 1 amide bonds. The highest BCUT2D eigenvalue weighted by molar-refractivity contribution is 6.34. The summed E-state index contributed by atoms with van der Waals surface area (Å²) in [7, 11) is 0. The second kappa shape index (κ2) is 6.87. The fraction of sp³-hybridized carbons (Fsp3) is 0.462. The first-order valence-corrected chi connectivity index (χ1v) is 6.56. The summed E-state index contributed by atoms with van der Waals surface area (Å²) in [6, 6.07) is 5.45. The maximum atomic E-state index is 11.9. The minimum Gasteiger partial charge on any atom is -0.352 e. The fourth-order valence-electron chi connectivity index (χ4n) is 1.47. The second-order valence-corrected chi connectivity index (χ2v) is 4.99. The first-order valence-electron chi connectivity index (χ1n) is 5.65. The van der Waals surface area contributed by atoms with Crippen molar-refractivity contribution in [3.8, 4) is 0 Å². The quantitative estimate of drug-likeness (QED) is 0.816. The van der Waals surface area contributed by atoms with E-state index in [2.05, 4.69) is 12.2 Å². The minimum atomic E-state index is -0.125. The molecule has 1 unspecified atom stereocenters. The molecule has 1 N–H and O–H groups in total. The van der Waals surface area contributed by atoms with Crippen LogP contribution in [-0.2, 0) is 0 Å². The lowest BCUT2D eigenvalue weighted by molar-refractivity contribution is 0.0948. The van der Waals surface area contributed by atoms with Crippen molar-refractivity contribution in [1.29, 1.82) is 0 Å². The molecule has 0 aliphatic heterocycles. The third kappa shape index (κ3) is 4.21. The van der Waals surface area contributed by atoms with E-state index in [4.69, 9.17) is 23.2 Å². The molecule has 1 atom stereocenters. The summed E-state index contributed by atoms with van der Waals surface area (Å²) in [5, 5.41) is 3.39. The molecule has 0 saturated heterocycles. The van der Waals surface area contributed by atoms with Crippen molar-refractivity contribution < 1.29 is 4.79 Å². The van der Waals surface area contributed by atoms with Crippen LogP contribution in [0.4, 0.5) is 0 Å². The van der Waals surface area contributed by atoms with Crippen molar-refractivity contribution in [2.24, 2.45) is 5.92 Å². The predicted molar refractivity (Wildman–Crippen MR) is 73.0 cm³/mol. The lowest BCUT2D eigenvalue weighted by Gasteiger charge is -2.12. The van der Waals surface area contributed by atoms with Crippen LogP contribution in [0.1, 0.15) is 29.3 Å². The van der Waals surface area contributed by atoms with Gasteiger partial charge in [0.1, 0.15) is 0 Å². The molecule has 94 valence electrons. The van der Waals surface area contributed by atoms with E-state index in [1.54, 1.807) is 6.07 Å². The number of alkyl halides is 1. The van der Waals surface area contributed by atoms with E-state index in [1.807, 2.05) is 19.1 Å². The Morgan fingerprint density at radius 1 is 1.47 bits per heavy atom. The van der Waals surface area contributed by atoms with Crippen LogP contribution in [0.25, 0.3) is 0 Å². The number of aryl methyl sites for hydroxylation is 1. The number of carbonyl (C=O) groups is 1. The lowest BCUT2D eigenvalue weighted by atomic mass is 10.1. The van der Waals surface area contributed by atoms with Gasteiger partial charge in [0.2, 0.25) is 0 Å². The number of nitrogens with one attached hydrogen (secondary N) is 1. The molecular formula is C13H17Cl2NO. The summed E-state index contributed by atoms with van der Waals surface area (Å²) in [4.78, 5) is 11.9. The van der Waals surface area contributed by atoms with E-state index in [9.17, 15) is 4.79 Å². The molecule has 0 heterocycles. The average Bonchev–Trinajstić information content (AvgIpc) is 2.30. The highest BCUT2D eigenvalue weighted by atomic mass is 35.5. The van der Waals surface area contributed by atoms with E-state index in [0.717, 1.165) is 12.0 Å². The minimum absolute atomic E-state index is 0.125. The van der Waals surface area contributed by atoms with Gasteiger partial charge in [0.05, 0.1) is 10.6 Å². The summed E-state index contributed by atoms with van der Waals surface area (Å²) < 4.78 is 0. The van der Waals surface area contributed by atoms with Crippen LogP contribution in [0.2, 0.25) is 5.02 Å². The van der Waals surface area contributed by atoms with E-state index < -0.39 is 0 Å². The summed E-state index contributed by atoms with van der Waals surface area (Å²) in [6.45, 7) is 4.56. The van der Waals surface area contributed by atoms with Crippen molar-refractivity contribution >= 4 is 29.1 Å². The standard InChI is InChI=1S/C13H17Cl2NO/c1-9(6-7-14)8-16-13(17)11-5-3-4-10(2)12(11)15/h3-5,9H,6-8H2,1-2H3,(H,16,17). The number of amides is 1. The molecule has 0 radical (unpaired) electrons. The monoisotopic (exact) mass is 273 g/mol. The van der Waals surface area contributed by atoms with Gasteiger partial charge < -0.3 is 5.32 Å². The highest BCUT2D eigenvalue weighted by Gasteiger charge is 2.12. The van der Waals surface area contributed by atoms with Gasteiger partial charge in [-0.1, -0.05) is 30.7 Å². The zero-order chi connectivity index (χ0) is 12.8. The molecule has 0 fully saturated rings. The Hall–Kier alpha value is -0.730. The molecular weight excluding hydrogens is 257 g/mol. The molecule has 2 nitrogen and oxygen atoms in total. The molecule has 0 saturated carbocycles. The molecule has 0 spiro atoms. The number of carbonyl (C=O) groups excluding carboxylic acids is 1. The van der Waals surface area contributed by atoms with Gasteiger partial charge in [-0.25, -0.2) is 0 Å². The normalized spacial score (nSPS) is 12.2. The summed E-state index contributed by atoms with van der Waals surface area (Å²) >= 11 is 11.7. The molecule has 4 heteroatoms. The van der Waals surface area contributed by atoms with Crippen LogP contribution in [-0.4, -0.2) is 18.3 Å². The SMILES string of the molecule is Cc1cccc(C(=O)NCC(C)CCCl)c1Cl. The van der Waals surface area contributed by atoms with Crippen LogP contribution in [0.5, 0.6) is 0 Å². The largest absolute Gasteiger partial charge is 0.352 e. The molecule has 0 bridgehead atoms. The Morgan fingerprint density at radius 3 is 2.82 bits per heavy atom. The number of halogens is 2. The summed E-state index contributed by atoms with van der Waals surface area (Å²) in [6.07, 6.45) is 0.892. The van der Waals surface area contributed by atoms with E-state index >= 15 is 0 Å². The molecule has 1 rings (SSSR count). The van der Waals surface area contributed by atoms with Gasteiger partial charge >= 0.3 is 0 Å². The Bertz CT molecular complexity index is 393. The Kier molecular flexibility index (Phi) is 5.79. The van der Waals surface area contributed by atoms with Gasteiger partial charge in [0.15, 0.2) is 0 Å². The van der Waals surface area contributed by atoms with Crippen LogP contribution < -0.4 is 5.32 Å². The molecule has 1 aromatic carbocycles. The van der Waals surface area contributed by atoms with Gasteiger partial charge in [0.25, 0.3) is 5.91 Å². The Labute approximate surface area is 112 Å². The van der Waals surface area contributed by atoms with Crippen molar-refractivity contribution in [3.05, 3.63) is 34.3 Å². The lowest BCUT2D eigenvalue weighted by Crippen LogP contribution is -2.28. The molecule has 0 aliphatic carbocycles. The first-order chi connectivity index (χ1) is 8.06. The van der Waals surface area contributed by atoms with E-state index in [-0.39, 0.29) is 5.91 Å². The smallest absolute Gasteiger partial charge is 0.252 e. The van der Waals surface area contributed by atoms with Gasteiger partial charge in [-0.2, -0.15) is 0 Å². The molecule has 17 heavy (non-hydrogen) atoms. The number of rotatable bonds is 5. The number of benzene rings is 1. The summed E-state index contributed by atoms with van der Waals surface area (Å²) in [5.41, 5.74) is 1.44. The number of hydrogen-bond acceptors (Lipinski definition) is 1. The molecule has 1 aromatic rings.